The summed E-state index contributed by atoms with van der Waals surface area (Å²) in [4.78, 5) is 0. The van der Waals surface area contributed by atoms with Gasteiger partial charge >= 0.3 is 0 Å². The molecule has 1 aromatic carbocycles. The molecule has 0 bridgehead atoms. The minimum Gasteiger partial charge on any atom is -0.312 e. The van der Waals surface area contributed by atoms with Crippen molar-refractivity contribution in [2.24, 2.45) is 0 Å². The van der Waals surface area contributed by atoms with E-state index < -0.39 is 9.84 Å². The second kappa shape index (κ2) is 5.41. The first kappa shape index (κ1) is 13.6. The van der Waals surface area contributed by atoms with Gasteiger partial charge in [-0.25, -0.2) is 8.42 Å². The van der Waals surface area contributed by atoms with Crippen LogP contribution in [0.1, 0.15) is 36.9 Å². The molecule has 1 aromatic rings. The van der Waals surface area contributed by atoms with Crippen molar-refractivity contribution < 1.29 is 8.42 Å². The van der Waals surface area contributed by atoms with E-state index in [9.17, 15) is 8.42 Å². The average Bonchev–Trinajstić information content (AvgIpc) is 2.37. The van der Waals surface area contributed by atoms with Crippen LogP contribution in [-0.4, -0.2) is 26.5 Å². The topological polar surface area (TPSA) is 46.2 Å². The van der Waals surface area contributed by atoms with E-state index >= 15 is 0 Å². The molecule has 3 nitrogen and oxygen atoms in total. The molecule has 0 fully saturated rings. The molecule has 0 spiro atoms. The van der Waals surface area contributed by atoms with E-state index in [1.54, 1.807) is 0 Å². The molecule has 0 aliphatic heterocycles. The Bertz CT molecular complexity index is 510. The SMILES string of the molecule is CCCS(=O)(=O)C1CCc2ccccc2C1NC. The second-order valence-electron chi connectivity index (χ2n) is 4.91. The van der Waals surface area contributed by atoms with Crippen LogP contribution in [0.15, 0.2) is 24.3 Å². The predicted molar refractivity (Wildman–Crippen MR) is 74.4 cm³/mol. The summed E-state index contributed by atoms with van der Waals surface area (Å²) in [7, 11) is -1.15. The third kappa shape index (κ3) is 2.45. The smallest absolute Gasteiger partial charge is 0.155 e. The number of benzene rings is 1. The van der Waals surface area contributed by atoms with E-state index in [0.29, 0.717) is 6.42 Å². The molecule has 0 aromatic heterocycles. The van der Waals surface area contributed by atoms with Crippen molar-refractivity contribution in [3.8, 4) is 0 Å². The third-order valence-corrected chi connectivity index (χ3v) is 6.13. The van der Waals surface area contributed by atoms with Gasteiger partial charge in [0.1, 0.15) is 0 Å². The fourth-order valence-electron chi connectivity index (χ4n) is 2.89. The third-order valence-electron chi connectivity index (χ3n) is 3.72. The largest absolute Gasteiger partial charge is 0.312 e. The number of hydrogen-bond acceptors (Lipinski definition) is 3. The van der Waals surface area contributed by atoms with Gasteiger partial charge in [0.2, 0.25) is 0 Å². The zero-order valence-corrected chi connectivity index (χ0v) is 11.8. The molecule has 0 saturated carbocycles. The Hall–Kier alpha value is -0.870. The molecule has 0 radical (unpaired) electrons. The highest BCUT2D eigenvalue weighted by molar-refractivity contribution is 7.92. The van der Waals surface area contributed by atoms with E-state index in [4.69, 9.17) is 0 Å². The maximum atomic E-state index is 12.3. The van der Waals surface area contributed by atoms with Gasteiger partial charge < -0.3 is 5.32 Å². The standard InChI is InChI=1S/C14H21NO2S/c1-3-10-18(16,17)13-9-8-11-6-4-5-7-12(11)14(13)15-2/h4-7,13-15H,3,8-10H2,1-2H3. The molecule has 2 rings (SSSR count). The first-order valence-corrected chi connectivity index (χ1v) is 8.28. The molecule has 100 valence electrons. The van der Waals surface area contributed by atoms with Gasteiger partial charge in [0.25, 0.3) is 0 Å². The van der Waals surface area contributed by atoms with Gasteiger partial charge in [0.05, 0.1) is 11.0 Å². The molecule has 0 amide bonds. The van der Waals surface area contributed by atoms with Crippen molar-refractivity contribution in [2.75, 3.05) is 12.8 Å². The lowest BCUT2D eigenvalue weighted by Crippen LogP contribution is -2.40. The van der Waals surface area contributed by atoms with Gasteiger partial charge in [-0.3, -0.25) is 0 Å². The number of fused-ring (bicyclic) bond motifs is 1. The monoisotopic (exact) mass is 267 g/mol. The number of sulfone groups is 1. The minimum absolute atomic E-state index is 0.0634. The molecule has 0 saturated heterocycles. The fourth-order valence-corrected chi connectivity index (χ4v) is 4.94. The molecule has 2 unspecified atom stereocenters. The summed E-state index contributed by atoms with van der Waals surface area (Å²) < 4.78 is 24.6. The zero-order chi connectivity index (χ0) is 13.2. The lowest BCUT2D eigenvalue weighted by Gasteiger charge is -2.33. The number of hydrogen-bond donors (Lipinski definition) is 1. The van der Waals surface area contributed by atoms with E-state index in [2.05, 4.69) is 11.4 Å². The molecule has 2 atom stereocenters. The van der Waals surface area contributed by atoms with Crippen LogP contribution < -0.4 is 5.32 Å². The Morgan fingerprint density at radius 1 is 1.33 bits per heavy atom. The molecular weight excluding hydrogens is 246 g/mol. The van der Waals surface area contributed by atoms with Crippen LogP contribution in [0.5, 0.6) is 0 Å². The Labute approximate surface area is 110 Å². The lowest BCUT2D eigenvalue weighted by molar-refractivity contribution is 0.475. The number of rotatable bonds is 4. The Morgan fingerprint density at radius 3 is 2.72 bits per heavy atom. The van der Waals surface area contributed by atoms with Gasteiger partial charge in [-0.15, -0.1) is 0 Å². The van der Waals surface area contributed by atoms with Crippen LogP contribution in [0.3, 0.4) is 0 Å². The zero-order valence-electron chi connectivity index (χ0n) is 11.0. The normalized spacial score (nSPS) is 23.7. The van der Waals surface area contributed by atoms with Gasteiger partial charge in [-0.2, -0.15) is 0 Å². The van der Waals surface area contributed by atoms with Crippen LogP contribution in [0.2, 0.25) is 0 Å². The summed E-state index contributed by atoms with van der Waals surface area (Å²) in [5.74, 6) is 0.290. The molecular formula is C14H21NO2S. The highest BCUT2D eigenvalue weighted by Gasteiger charge is 2.36. The van der Waals surface area contributed by atoms with Crippen molar-refractivity contribution in [1.82, 2.24) is 5.32 Å². The summed E-state index contributed by atoms with van der Waals surface area (Å²) in [5, 5.41) is 2.92. The first-order valence-electron chi connectivity index (χ1n) is 6.56. The van der Waals surface area contributed by atoms with E-state index in [1.807, 2.05) is 32.2 Å². The average molecular weight is 267 g/mol. The highest BCUT2D eigenvalue weighted by atomic mass is 32.2. The minimum atomic E-state index is -3.00. The van der Waals surface area contributed by atoms with Crippen LogP contribution in [0.4, 0.5) is 0 Å². The van der Waals surface area contributed by atoms with E-state index in [0.717, 1.165) is 18.4 Å². The highest BCUT2D eigenvalue weighted by Crippen LogP contribution is 2.34. The number of aryl methyl sites for hydroxylation is 1. The molecule has 1 aliphatic carbocycles. The maximum Gasteiger partial charge on any atom is 0.155 e. The first-order chi connectivity index (χ1) is 8.60. The van der Waals surface area contributed by atoms with Crippen LogP contribution in [0.25, 0.3) is 0 Å². The number of nitrogens with one attached hydrogen (secondary N) is 1. The quantitative estimate of drug-likeness (QED) is 0.908. The summed E-state index contributed by atoms with van der Waals surface area (Å²) in [6, 6.07) is 8.09. The summed E-state index contributed by atoms with van der Waals surface area (Å²) in [5.41, 5.74) is 2.43. The van der Waals surface area contributed by atoms with Crippen molar-refractivity contribution in [3.63, 3.8) is 0 Å². The van der Waals surface area contributed by atoms with Gasteiger partial charge in [-0.1, -0.05) is 31.2 Å². The van der Waals surface area contributed by atoms with Crippen molar-refractivity contribution >= 4 is 9.84 Å². The van der Waals surface area contributed by atoms with Gasteiger partial charge in [0.15, 0.2) is 9.84 Å². The van der Waals surface area contributed by atoms with Gasteiger partial charge in [-0.05, 0) is 37.4 Å². The van der Waals surface area contributed by atoms with Crippen molar-refractivity contribution in [2.45, 2.75) is 37.5 Å². The van der Waals surface area contributed by atoms with Gasteiger partial charge in [0, 0.05) is 6.04 Å². The van der Waals surface area contributed by atoms with E-state index in [-0.39, 0.29) is 17.0 Å². The molecule has 0 heterocycles. The van der Waals surface area contributed by atoms with Crippen LogP contribution in [-0.2, 0) is 16.3 Å². The lowest BCUT2D eigenvalue weighted by atomic mass is 9.87. The van der Waals surface area contributed by atoms with Crippen LogP contribution in [0, 0.1) is 0 Å². The predicted octanol–water partition coefficient (Wildman–Crippen LogP) is 2.09. The van der Waals surface area contributed by atoms with Crippen LogP contribution >= 0.6 is 0 Å². The Kier molecular flexibility index (Phi) is 4.07. The molecule has 18 heavy (non-hydrogen) atoms. The fraction of sp³-hybridized carbons (Fsp3) is 0.571. The summed E-state index contributed by atoms with van der Waals surface area (Å²) in [6.07, 6.45) is 2.28. The molecule has 4 heteroatoms. The molecule has 1 N–H and O–H groups in total. The van der Waals surface area contributed by atoms with Crippen molar-refractivity contribution in [1.29, 1.82) is 0 Å². The van der Waals surface area contributed by atoms with E-state index in [1.165, 1.54) is 5.56 Å². The molecule has 1 aliphatic rings. The van der Waals surface area contributed by atoms with Crippen molar-refractivity contribution in [3.05, 3.63) is 35.4 Å². The summed E-state index contributed by atoms with van der Waals surface area (Å²) >= 11 is 0. The summed E-state index contributed by atoms with van der Waals surface area (Å²) in [6.45, 7) is 1.92. The Morgan fingerprint density at radius 2 is 2.06 bits per heavy atom. The second-order valence-corrected chi connectivity index (χ2v) is 7.25. The Balaban J connectivity index is 2.37. The maximum absolute atomic E-state index is 12.3.